The Morgan fingerprint density at radius 2 is 1.90 bits per heavy atom. The molecule has 0 heterocycles. The number of nitriles is 1. The van der Waals surface area contributed by atoms with Crippen molar-refractivity contribution in [3.8, 4) is 17.6 Å². The number of carbonyl (C=O) groups is 3. The van der Waals surface area contributed by atoms with Gasteiger partial charge in [0.05, 0.1) is 23.9 Å². The average molecular weight is 397 g/mol. The Hall–Kier alpha value is -4.06. The van der Waals surface area contributed by atoms with E-state index < -0.39 is 23.9 Å². The van der Waals surface area contributed by atoms with Gasteiger partial charge in [-0.05, 0) is 37.3 Å². The molecule has 0 aliphatic rings. The van der Waals surface area contributed by atoms with Gasteiger partial charge in [-0.25, -0.2) is 4.79 Å². The van der Waals surface area contributed by atoms with Gasteiger partial charge in [-0.1, -0.05) is 12.1 Å². The summed E-state index contributed by atoms with van der Waals surface area (Å²) in [5.74, 6) is -1.59. The predicted molar refractivity (Wildman–Crippen MR) is 102 cm³/mol. The van der Waals surface area contributed by atoms with E-state index >= 15 is 0 Å². The van der Waals surface area contributed by atoms with Gasteiger partial charge in [0.2, 0.25) is 0 Å². The van der Waals surface area contributed by atoms with Crippen LogP contribution in [0.1, 0.15) is 22.8 Å². The maximum Gasteiger partial charge on any atom is 0.339 e. The van der Waals surface area contributed by atoms with Gasteiger partial charge in [-0.3, -0.25) is 9.59 Å². The van der Waals surface area contributed by atoms with E-state index in [1.165, 1.54) is 32.2 Å². The van der Waals surface area contributed by atoms with Crippen LogP contribution in [0.5, 0.6) is 11.5 Å². The summed E-state index contributed by atoms with van der Waals surface area (Å²) in [5.41, 5.74) is 5.76. The normalized spacial score (nSPS) is 10.9. The maximum atomic E-state index is 12.4. The van der Waals surface area contributed by atoms with Gasteiger partial charge < -0.3 is 25.3 Å². The van der Waals surface area contributed by atoms with E-state index in [-0.39, 0.29) is 29.2 Å². The molecule has 2 rings (SSSR count). The van der Waals surface area contributed by atoms with Crippen molar-refractivity contribution >= 4 is 23.5 Å². The summed E-state index contributed by atoms with van der Waals surface area (Å²) in [6.45, 7) is 1.06. The lowest BCUT2D eigenvalue weighted by Crippen LogP contribution is -2.30. The van der Waals surface area contributed by atoms with Crippen LogP contribution in [0.3, 0.4) is 0 Å². The second-order valence-electron chi connectivity index (χ2n) is 5.81. The predicted octanol–water partition coefficient (Wildman–Crippen LogP) is 1.61. The van der Waals surface area contributed by atoms with Crippen molar-refractivity contribution in [1.82, 2.24) is 0 Å². The quantitative estimate of drug-likeness (QED) is 0.645. The highest BCUT2D eigenvalue weighted by Crippen LogP contribution is 2.28. The zero-order valence-electron chi connectivity index (χ0n) is 15.8. The van der Waals surface area contributed by atoms with E-state index in [9.17, 15) is 14.4 Å². The minimum atomic E-state index is -1.12. The molecule has 0 spiro atoms. The van der Waals surface area contributed by atoms with Gasteiger partial charge >= 0.3 is 5.97 Å². The van der Waals surface area contributed by atoms with Crippen molar-refractivity contribution in [2.24, 2.45) is 5.73 Å². The van der Waals surface area contributed by atoms with E-state index in [0.29, 0.717) is 5.69 Å². The van der Waals surface area contributed by atoms with Gasteiger partial charge in [0.1, 0.15) is 6.07 Å². The monoisotopic (exact) mass is 397 g/mol. The van der Waals surface area contributed by atoms with Crippen LogP contribution in [0.4, 0.5) is 5.69 Å². The van der Waals surface area contributed by atoms with Crippen molar-refractivity contribution in [2.45, 2.75) is 13.0 Å². The Kier molecular flexibility index (Phi) is 7.14. The minimum absolute atomic E-state index is 0.116. The molecular weight excluding hydrogens is 378 g/mol. The summed E-state index contributed by atoms with van der Waals surface area (Å²) < 4.78 is 15.5. The number of hydrogen-bond donors (Lipinski definition) is 2. The Labute approximate surface area is 167 Å². The zero-order valence-corrected chi connectivity index (χ0v) is 15.8. The molecule has 0 radical (unpaired) electrons. The molecule has 0 aliphatic carbocycles. The van der Waals surface area contributed by atoms with Crippen LogP contribution in [0.25, 0.3) is 0 Å². The molecule has 0 saturated heterocycles. The lowest BCUT2D eigenvalue weighted by atomic mass is 10.2. The number of esters is 1. The standard InChI is InChI=1S/C20H19N3O6/c1-12(19(25)23-15-6-4-3-5-14(15)10-21)29-20(26)13-7-8-16(17(9-13)27-2)28-11-18(22)24/h3-9,12H,11H2,1-2H3,(H2,22,24)(H,23,25). The number of para-hydroxylation sites is 1. The van der Waals surface area contributed by atoms with Gasteiger partial charge in [-0.15, -0.1) is 0 Å². The van der Waals surface area contributed by atoms with Gasteiger partial charge in [0.25, 0.3) is 11.8 Å². The highest BCUT2D eigenvalue weighted by Gasteiger charge is 2.21. The number of nitrogens with one attached hydrogen (secondary N) is 1. The Balaban J connectivity index is 2.05. The molecule has 2 amide bonds. The summed E-state index contributed by atoms with van der Waals surface area (Å²) in [5, 5.41) is 11.6. The second kappa shape index (κ2) is 9.75. The van der Waals surface area contributed by atoms with Crippen molar-refractivity contribution in [1.29, 1.82) is 5.26 Å². The molecule has 3 N–H and O–H groups in total. The number of ether oxygens (including phenoxy) is 3. The van der Waals surface area contributed by atoms with E-state index in [1.807, 2.05) is 6.07 Å². The Morgan fingerprint density at radius 1 is 1.17 bits per heavy atom. The van der Waals surface area contributed by atoms with E-state index in [4.69, 9.17) is 25.2 Å². The first kappa shape index (κ1) is 21.2. The molecule has 0 saturated carbocycles. The summed E-state index contributed by atoms with van der Waals surface area (Å²) in [6, 6.07) is 12.6. The summed E-state index contributed by atoms with van der Waals surface area (Å²) in [6.07, 6.45) is -1.12. The first-order chi connectivity index (χ1) is 13.8. The fraction of sp³-hybridized carbons (Fsp3) is 0.200. The molecule has 9 nitrogen and oxygen atoms in total. The third-order valence-electron chi connectivity index (χ3n) is 3.73. The largest absolute Gasteiger partial charge is 0.493 e. The van der Waals surface area contributed by atoms with Crippen molar-refractivity contribution in [3.63, 3.8) is 0 Å². The maximum absolute atomic E-state index is 12.4. The fourth-order valence-corrected chi connectivity index (χ4v) is 2.27. The van der Waals surface area contributed by atoms with Crippen LogP contribution >= 0.6 is 0 Å². The number of methoxy groups -OCH3 is 1. The van der Waals surface area contributed by atoms with Crippen LogP contribution in [-0.4, -0.2) is 37.6 Å². The van der Waals surface area contributed by atoms with Crippen LogP contribution in [0.15, 0.2) is 42.5 Å². The van der Waals surface area contributed by atoms with Gasteiger partial charge in [-0.2, -0.15) is 5.26 Å². The van der Waals surface area contributed by atoms with Gasteiger partial charge in [0, 0.05) is 0 Å². The Morgan fingerprint density at radius 3 is 2.55 bits per heavy atom. The molecule has 0 bridgehead atoms. The smallest absolute Gasteiger partial charge is 0.339 e. The third-order valence-corrected chi connectivity index (χ3v) is 3.73. The summed E-state index contributed by atoms with van der Waals surface area (Å²) >= 11 is 0. The molecule has 150 valence electrons. The second-order valence-corrected chi connectivity index (χ2v) is 5.81. The third kappa shape index (κ3) is 5.71. The minimum Gasteiger partial charge on any atom is -0.493 e. The number of carbonyl (C=O) groups excluding carboxylic acids is 3. The molecule has 1 atom stereocenters. The molecule has 2 aromatic carbocycles. The lowest BCUT2D eigenvalue weighted by molar-refractivity contribution is -0.123. The van der Waals surface area contributed by atoms with Crippen molar-refractivity contribution in [2.75, 3.05) is 19.0 Å². The SMILES string of the molecule is COc1cc(C(=O)OC(C)C(=O)Nc2ccccc2C#N)ccc1OCC(N)=O. The van der Waals surface area contributed by atoms with E-state index in [0.717, 1.165) is 0 Å². The number of nitrogens with two attached hydrogens (primary N) is 1. The Bertz CT molecular complexity index is 967. The molecule has 2 aromatic rings. The average Bonchev–Trinajstić information content (AvgIpc) is 2.72. The number of anilines is 1. The molecule has 0 aliphatic heterocycles. The molecule has 1 unspecified atom stereocenters. The molecule has 0 aromatic heterocycles. The van der Waals surface area contributed by atoms with Crippen LogP contribution < -0.4 is 20.5 Å². The molecular formula is C20H19N3O6. The highest BCUT2D eigenvalue weighted by atomic mass is 16.5. The topological polar surface area (TPSA) is 141 Å². The number of hydrogen-bond acceptors (Lipinski definition) is 7. The number of rotatable bonds is 8. The lowest BCUT2D eigenvalue weighted by Gasteiger charge is -2.15. The first-order valence-corrected chi connectivity index (χ1v) is 8.45. The van der Waals surface area contributed by atoms with Crippen LogP contribution in [0.2, 0.25) is 0 Å². The van der Waals surface area contributed by atoms with Crippen LogP contribution in [-0.2, 0) is 14.3 Å². The van der Waals surface area contributed by atoms with Crippen molar-refractivity contribution < 1.29 is 28.6 Å². The molecule has 29 heavy (non-hydrogen) atoms. The molecule has 9 heteroatoms. The van der Waals surface area contributed by atoms with Crippen LogP contribution in [0, 0.1) is 11.3 Å². The number of benzene rings is 2. The number of nitrogens with zero attached hydrogens (tertiary/aromatic N) is 1. The fourth-order valence-electron chi connectivity index (χ4n) is 2.27. The van der Waals surface area contributed by atoms with Gasteiger partial charge in [0.15, 0.2) is 24.2 Å². The summed E-state index contributed by atoms with van der Waals surface area (Å²) in [7, 11) is 1.37. The highest BCUT2D eigenvalue weighted by molar-refractivity contribution is 5.98. The van der Waals surface area contributed by atoms with Crippen molar-refractivity contribution in [3.05, 3.63) is 53.6 Å². The summed E-state index contributed by atoms with van der Waals surface area (Å²) in [4.78, 5) is 35.5. The van der Waals surface area contributed by atoms with E-state index in [1.54, 1.807) is 24.3 Å². The number of primary amides is 1. The number of amides is 2. The molecule has 0 fully saturated rings. The zero-order chi connectivity index (χ0) is 21.4. The first-order valence-electron chi connectivity index (χ1n) is 8.45. The van der Waals surface area contributed by atoms with E-state index in [2.05, 4.69) is 5.32 Å².